The molecule has 0 spiro atoms. The summed E-state index contributed by atoms with van der Waals surface area (Å²) in [5.74, 6) is 0.441. The van der Waals surface area contributed by atoms with Gasteiger partial charge in [0.1, 0.15) is 0 Å². The zero-order chi connectivity index (χ0) is 23.4. The number of fused-ring (bicyclic) bond motifs is 2. The fraction of sp³-hybridized carbons (Fsp3) is 0.412. The van der Waals surface area contributed by atoms with Crippen molar-refractivity contribution >= 4 is 21.5 Å². The maximum atomic E-state index is 2.37. The molecule has 0 nitrogen and oxygen atoms in total. The molecule has 0 radical (unpaired) electrons. The highest BCUT2D eigenvalue weighted by Crippen LogP contribution is 2.38. The first-order chi connectivity index (χ1) is 16.9. The van der Waals surface area contributed by atoms with Gasteiger partial charge < -0.3 is 0 Å². The van der Waals surface area contributed by atoms with Crippen LogP contribution in [0.3, 0.4) is 0 Å². The van der Waals surface area contributed by atoms with Crippen LogP contribution in [0.4, 0.5) is 0 Å². The Morgan fingerprint density at radius 2 is 0.853 bits per heavy atom. The lowest BCUT2D eigenvalue weighted by Gasteiger charge is -2.22. The molecule has 0 aromatic heterocycles. The summed E-state index contributed by atoms with van der Waals surface area (Å²) < 4.78 is 0. The van der Waals surface area contributed by atoms with E-state index < -0.39 is 0 Å². The molecule has 0 saturated carbocycles. The van der Waals surface area contributed by atoms with Crippen LogP contribution in [-0.4, -0.2) is 0 Å². The lowest BCUT2D eigenvalue weighted by Crippen LogP contribution is -2.03. The summed E-state index contributed by atoms with van der Waals surface area (Å²) in [6, 6.07) is 31.5. The highest BCUT2D eigenvalue weighted by atomic mass is 14.2. The van der Waals surface area contributed by atoms with E-state index in [9.17, 15) is 0 Å². The van der Waals surface area contributed by atoms with Gasteiger partial charge in [0.15, 0.2) is 0 Å². The molecular weight excluding hydrogens is 408 g/mol. The first-order valence-corrected chi connectivity index (χ1v) is 13.8. The number of hydrogen-bond donors (Lipinski definition) is 0. The molecule has 0 amide bonds. The van der Waals surface area contributed by atoms with Gasteiger partial charge in [-0.15, -0.1) is 0 Å². The summed E-state index contributed by atoms with van der Waals surface area (Å²) in [4.78, 5) is 0. The molecule has 0 bridgehead atoms. The van der Waals surface area contributed by atoms with Crippen molar-refractivity contribution in [2.75, 3.05) is 0 Å². The van der Waals surface area contributed by atoms with E-state index in [1.165, 1.54) is 110 Å². The molecule has 0 fully saturated rings. The van der Waals surface area contributed by atoms with Gasteiger partial charge in [0.25, 0.3) is 0 Å². The van der Waals surface area contributed by atoms with Gasteiger partial charge in [-0.2, -0.15) is 0 Å². The van der Waals surface area contributed by atoms with Crippen molar-refractivity contribution in [2.45, 2.75) is 89.9 Å². The van der Waals surface area contributed by atoms with Crippen molar-refractivity contribution in [1.29, 1.82) is 0 Å². The van der Waals surface area contributed by atoms with E-state index >= 15 is 0 Å². The Kier molecular flexibility index (Phi) is 9.61. The van der Waals surface area contributed by atoms with Crippen LogP contribution in [0.5, 0.6) is 0 Å². The van der Waals surface area contributed by atoms with Crippen LogP contribution in [0, 0.1) is 0 Å². The smallest absolute Gasteiger partial charge is 0.0102 e. The third kappa shape index (κ3) is 6.50. The average molecular weight is 451 g/mol. The molecule has 4 aromatic rings. The topological polar surface area (TPSA) is 0 Å². The van der Waals surface area contributed by atoms with Gasteiger partial charge in [0, 0.05) is 5.92 Å². The monoisotopic (exact) mass is 450 g/mol. The highest BCUT2D eigenvalue weighted by molar-refractivity contribution is 5.90. The lowest BCUT2D eigenvalue weighted by atomic mass is 9.82. The molecule has 0 aliphatic heterocycles. The minimum atomic E-state index is 0.441. The lowest BCUT2D eigenvalue weighted by molar-refractivity contribution is 0.537. The summed E-state index contributed by atoms with van der Waals surface area (Å²) >= 11 is 0. The molecule has 34 heavy (non-hydrogen) atoms. The van der Waals surface area contributed by atoms with Crippen molar-refractivity contribution in [2.24, 2.45) is 0 Å². The summed E-state index contributed by atoms with van der Waals surface area (Å²) in [6.45, 7) is 2.30. The van der Waals surface area contributed by atoms with Crippen LogP contribution in [0.25, 0.3) is 21.5 Å². The molecular formula is C34H42. The molecule has 4 aromatic carbocycles. The predicted octanol–water partition coefficient (Wildman–Crippen LogP) is 10.8. The third-order valence-electron chi connectivity index (χ3n) is 7.49. The normalized spacial score (nSPS) is 11.6. The summed E-state index contributed by atoms with van der Waals surface area (Å²) in [5.41, 5.74) is 2.98. The zero-order valence-corrected chi connectivity index (χ0v) is 21.1. The fourth-order valence-corrected chi connectivity index (χ4v) is 5.60. The van der Waals surface area contributed by atoms with E-state index in [1.807, 2.05) is 0 Å². The van der Waals surface area contributed by atoms with E-state index in [1.54, 1.807) is 0 Å². The van der Waals surface area contributed by atoms with E-state index in [2.05, 4.69) is 91.9 Å². The van der Waals surface area contributed by atoms with E-state index in [-0.39, 0.29) is 0 Å². The van der Waals surface area contributed by atoms with Gasteiger partial charge in [-0.05, 0) is 39.1 Å². The van der Waals surface area contributed by atoms with Gasteiger partial charge in [0.05, 0.1) is 0 Å². The third-order valence-corrected chi connectivity index (χ3v) is 7.49. The van der Waals surface area contributed by atoms with Gasteiger partial charge in [0.2, 0.25) is 0 Å². The highest BCUT2D eigenvalue weighted by Gasteiger charge is 2.18. The predicted molar refractivity (Wildman–Crippen MR) is 151 cm³/mol. The van der Waals surface area contributed by atoms with Gasteiger partial charge in [-0.1, -0.05) is 162 Å². The van der Waals surface area contributed by atoms with E-state index in [0.717, 1.165) is 0 Å². The van der Waals surface area contributed by atoms with Crippen LogP contribution >= 0.6 is 0 Å². The van der Waals surface area contributed by atoms with Crippen molar-refractivity contribution in [3.8, 4) is 0 Å². The Morgan fingerprint density at radius 3 is 1.35 bits per heavy atom. The molecule has 0 aliphatic rings. The van der Waals surface area contributed by atoms with Crippen molar-refractivity contribution in [1.82, 2.24) is 0 Å². The van der Waals surface area contributed by atoms with Crippen LogP contribution in [0.15, 0.2) is 84.9 Å². The SMILES string of the molecule is CCCCCCCCCCCCCC(c1cccc2ccccc12)c1cccc2ccccc12. The summed E-state index contributed by atoms with van der Waals surface area (Å²) in [6.07, 6.45) is 16.6. The summed E-state index contributed by atoms with van der Waals surface area (Å²) in [5, 5.41) is 5.52. The van der Waals surface area contributed by atoms with Crippen LogP contribution < -0.4 is 0 Å². The minimum absolute atomic E-state index is 0.441. The first-order valence-electron chi connectivity index (χ1n) is 13.8. The second-order valence-electron chi connectivity index (χ2n) is 10.0. The molecule has 0 N–H and O–H groups in total. The standard InChI is InChI=1S/C34H42/c1-2-3-4-5-6-7-8-9-10-11-12-25-34(32-26-17-21-28-19-13-15-23-30(28)32)33-27-18-22-29-20-14-16-24-31(29)33/h13-24,26-27,34H,2-12,25H2,1H3. The van der Waals surface area contributed by atoms with Gasteiger partial charge in [-0.25, -0.2) is 0 Å². The van der Waals surface area contributed by atoms with E-state index in [4.69, 9.17) is 0 Å². The van der Waals surface area contributed by atoms with Crippen molar-refractivity contribution in [3.63, 3.8) is 0 Å². The Labute approximate surface area is 207 Å². The Morgan fingerprint density at radius 1 is 0.441 bits per heavy atom. The average Bonchev–Trinajstić information content (AvgIpc) is 2.89. The Balaban J connectivity index is 1.43. The number of unbranched alkanes of at least 4 members (excludes halogenated alkanes) is 10. The Bertz CT molecular complexity index is 1050. The fourth-order valence-electron chi connectivity index (χ4n) is 5.60. The van der Waals surface area contributed by atoms with E-state index in [0.29, 0.717) is 5.92 Å². The second-order valence-corrected chi connectivity index (χ2v) is 10.0. The maximum absolute atomic E-state index is 2.37. The largest absolute Gasteiger partial charge is 0.0654 e. The first kappa shape index (κ1) is 24.5. The Hall–Kier alpha value is -2.60. The molecule has 0 heteroatoms. The van der Waals surface area contributed by atoms with Crippen LogP contribution in [0.2, 0.25) is 0 Å². The minimum Gasteiger partial charge on any atom is -0.0654 e. The number of rotatable bonds is 14. The quantitative estimate of drug-likeness (QED) is 0.168. The van der Waals surface area contributed by atoms with Crippen molar-refractivity contribution < 1.29 is 0 Å². The molecule has 0 saturated heterocycles. The molecule has 0 atom stereocenters. The summed E-state index contributed by atoms with van der Waals surface area (Å²) in [7, 11) is 0. The number of benzene rings is 4. The number of hydrogen-bond acceptors (Lipinski definition) is 0. The molecule has 0 unspecified atom stereocenters. The van der Waals surface area contributed by atoms with Crippen LogP contribution in [0.1, 0.15) is 101 Å². The zero-order valence-electron chi connectivity index (χ0n) is 21.1. The molecule has 0 aliphatic carbocycles. The second kappa shape index (κ2) is 13.3. The van der Waals surface area contributed by atoms with Crippen molar-refractivity contribution in [3.05, 3.63) is 96.1 Å². The maximum Gasteiger partial charge on any atom is 0.0102 e. The molecule has 0 heterocycles. The molecule has 4 rings (SSSR count). The van der Waals surface area contributed by atoms with Gasteiger partial charge in [-0.3, -0.25) is 0 Å². The van der Waals surface area contributed by atoms with Gasteiger partial charge >= 0.3 is 0 Å². The molecule has 178 valence electrons. The van der Waals surface area contributed by atoms with Crippen LogP contribution in [-0.2, 0) is 0 Å².